The Hall–Kier alpha value is -0.540. The third-order valence-corrected chi connectivity index (χ3v) is 2.32. The fourth-order valence-corrected chi connectivity index (χ4v) is 1.64. The number of para-hydroxylation sites is 1. The molecule has 1 aromatic carbocycles. The molecule has 0 heterocycles. The van der Waals surface area contributed by atoms with E-state index in [0.717, 1.165) is 15.8 Å². The molecule has 2 nitrogen and oxygen atoms in total. The molecule has 2 N–H and O–H groups in total. The first-order valence-corrected chi connectivity index (χ1v) is 4.54. The topological polar surface area (TPSA) is 35.2 Å². The van der Waals surface area contributed by atoms with E-state index in [4.69, 9.17) is 10.5 Å². The van der Waals surface area contributed by atoms with Gasteiger partial charge in [0, 0.05) is 11.6 Å². The number of ether oxygens (including phenoxy) is 1. The number of methoxy groups -OCH3 is 1. The summed E-state index contributed by atoms with van der Waals surface area (Å²) in [6.45, 7) is 1.93. The van der Waals surface area contributed by atoms with Gasteiger partial charge in [0.05, 0.1) is 11.6 Å². The van der Waals surface area contributed by atoms with Crippen molar-refractivity contribution < 1.29 is 4.74 Å². The number of hydrogen-bond donors (Lipinski definition) is 1. The third kappa shape index (κ3) is 1.79. The van der Waals surface area contributed by atoms with Gasteiger partial charge in [-0.25, -0.2) is 0 Å². The molecule has 0 spiro atoms. The third-order valence-electron chi connectivity index (χ3n) is 1.69. The first-order chi connectivity index (χ1) is 5.66. The Balaban J connectivity index is 3.18. The van der Waals surface area contributed by atoms with Gasteiger partial charge in [0.15, 0.2) is 0 Å². The average Bonchev–Trinajstić information content (AvgIpc) is 2.03. The lowest BCUT2D eigenvalue weighted by molar-refractivity contribution is 0.404. The average molecular weight is 230 g/mol. The maximum absolute atomic E-state index is 5.76. The van der Waals surface area contributed by atoms with E-state index in [9.17, 15) is 0 Å². The van der Waals surface area contributed by atoms with Crippen LogP contribution in [0, 0.1) is 0 Å². The smallest absolute Gasteiger partial charge is 0.137 e. The molecule has 0 aliphatic heterocycles. The predicted molar refractivity (Wildman–Crippen MR) is 53.3 cm³/mol. The molecule has 1 rings (SSSR count). The van der Waals surface area contributed by atoms with Gasteiger partial charge in [-0.15, -0.1) is 0 Å². The van der Waals surface area contributed by atoms with E-state index in [2.05, 4.69) is 15.9 Å². The number of halogens is 1. The quantitative estimate of drug-likeness (QED) is 0.846. The summed E-state index contributed by atoms with van der Waals surface area (Å²) in [5.41, 5.74) is 6.78. The minimum absolute atomic E-state index is 0.00236. The van der Waals surface area contributed by atoms with Crippen LogP contribution in [0.3, 0.4) is 0 Å². The van der Waals surface area contributed by atoms with Gasteiger partial charge in [0.25, 0.3) is 0 Å². The Morgan fingerprint density at radius 2 is 2.17 bits per heavy atom. The minimum Gasteiger partial charge on any atom is -0.495 e. The van der Waals surface area contributed by atoms with Crippen LogP contribution >= 0.6 is 15.9 Å². The van der Waals surface area contributed by atoms with Gasteiger partial charge in [-0.3, -0.25) is 0 Å². The number of nitrogens with two attached hydrogens (primary N) is 1. The summed E-state index contributed by atoms with van der Waals surface area (Å²) in [4.78, 5) is 0. The van der Waals surface area contributed by atoms with Crippen LogP contribution in [0.25, 0.3) is 0 Å². The van der Waals surface area contributed by atoms with Gasteiger partial charge in [-0.2, -0.15) is 0 Å². The zero-order valence-electron chi connectivity index (χ0n) is 7.17. The van der Waals surface area contributed by atoms with Crippen molar-refractivity contribution in [2.45, 2.75) is 13.0 Å². The molecular formula is C9H12BrNO. The van der Waals surface area contributed by atoms with Crippen molar-refractivity contribution in [3.63, 3.8) is 0 Å². The second kappa shape index (κ2) is 3.92. The first kappa shape index (κ1) is 9.55. The van der Waals surface area contributed by atoms with Crippen LogP contribution in [-0.2, 0) is 0 Å². The maximum Gasteiger partial charge on any atom is 0.137 e. The van der Waals surface area contributed by atoms with Crippen LogP contribution in [0.5, 0.6) is 5.75 Å². The van der Waals surface area contributed by atoms with E-state index >= 15 is 0 Å². The molecular weight excluding hydrogens is 218 g/mol. The van der Waals surface area contributed by atoms with Crippen LogP contribution in [0.4, 0.5) is 0 Å². The van der Waals surface area contributed by atoms with Gasteiger partial charge in [-0.05, 0) is 28.9 Å². The van der Waals surface area contributed by atoms with Gasteiger partial charge >= 0.3 is 0 Å². The fourth-order valence-electron chi connectivity index (χ4n) is 1.10. The largest absolute Gasteiger partial charge is 0.495 e. The normalized spacial score (nSPS) is 12.7. The molecule has 0 saturated heterocycles. The van der Waals surface area contributed by atoms with E-state index in [1.54, 1.807) is 7.11 Å². The molecule has 0 saturated carbocycles. The van der Waals surface area contributed by atoms with Crippen molar-refractivity contribution in [3.05, 3.63) is 28.2 Å². The summed E-state index contributed by atoms with van der Waals surface area (Å²) in [5.74, 6) is 0.826. The second-order valence-corrected chi connectivity index (χ2v) is 3.51. The molecule has 0 unspecified atom stereocenters. The maximum atomic E-state index is 5.76. The number of benzene rings is 1. The summed E-state index contributed by atoms with van der Waals surface area (Å²) in [7, 11) is 1.64. The highest BCUT2D eigenvalue weighted by molar-refractivity contribution is 9.10. The van der Waals surface area contributed by atoms with Gasteiger partial charge in [-0.1, -0.05) is 12.1 Å². The Labute approximate surface area is 80.8 Å². The summed E-state index contributed by atoms with van der Waals surface area (Å²) in [6, 6.07) is 5.85. The molecule has 1 aromatic rings. The molecule has 0 bridgehead atoms. The van der Waals surface area contributed by atoms with Crippen molar-refractivity contribution in [2.24, 2.45) is 5.73 Å². The molecule has 0 radical (unpaired) electrons. The zero-order chi connectivity index (χ0) is 9.14. The molecule has 0 aliphatic carbocycles. The van der Waals surface area contributed by atoms with Crippen molar-refractivity contribution in [2.75, 3.05) is 7.11 Å². The van der Waals surface area contributed by atoms with Crippen molar-refractivity contribution in [1.29, 1.82) is 0 Å². The molecule has 1 atom stereocenters. The molecule has 3 heteroatoms. The first-order valence-electron chi connectivity index (χ1n) is 3.74. The Morgan fingerprint density at radius 1 is 1.50 bits per heavy atom. The van der Waals surface area contributed by atoms with E-state index in [-0.39, 0.29) is 6.04 Å². The summed E-state index contributed by atoms with van der Waals surface area (Å²) in [5, 5.41) is 0. The van der Waals surface area contributed by atoms with Crippen molar-refractivity contribution in [3.8, 4) is 5.75 Å². The molecule has 0 fully saturated rings. The lowest BCUT2D eigenvalue weighted by atomic mass is 10.1. The van der Waals surface area contributed by atoms with Gasteiger partial charge < -0.3 is 10.5 Å². The Morgan fingerprint density at radius 3 is 2.58 bits per heavy atom. The zero-order valence-corrected chi connectivity index (χ0v) is 8.76. The summed E-state index contributed by atoms with van der Waals surface area (Å²) in [6.07, 6.45) is 0. The predicted octanol–water partition coefficient (Wildman–Crippen LogP) is 2.48. The highest BCUT2D eigenvalue weighted by Crippen LogP contribution is 2.31. The number of rotatable bonds is 2. The van der Waals surface area contributed by atoms with Crippen LogP contribution in [0.15, 0.2) is 22.7 Å². The van der Waals surface area contributed by atoms with Crippen molar-refractivity contribution >= 4 is 15.9 Å². The minimum atomic E-state index is -0.00236. The molecule has 12 heavy (non-hydrogen) atoms. The van der Waals surface area contributed by atoms with Crippen LogP contribution in [-0.4, -0.2) is 7.11 Å². The highest BCUT2D eigenvalue weighted by Gasteiger charge is 2.09. The standard InChI is InChI=1S/C9H12BrNO/c1-6(11)7-4-3-5-8(10)9(7)12-2/h3-6H,11H2,1-2H3/t6-/m1/s1. The molecule has 0 amide bonds. The monoisotopic (exact) mass is 229 g/mol. The van der Waals surface area contributed by atoms with E-state index < -0.39 is 0 Å². The van der Waals surface area contributed by atoms with E-state index in [0.29, 0.717) is 0 Å². The van der Waals surface area contributed by atoms with Crippen LogP contribution in [0.2, 0.25) is 0 Å². The van der Waals surface area contributed by atoms with Gasteiger partial charge in [0.2, 0.25) is 0 Å². The van der Waals surface area contributed by atoms with Crippen LogP contribution < -0.4 is 10.5 Å². The summed E-state index contributed by atoms with van der Waals surface area (Å²) < 4.78 is 6.15. The molecule has 0 aromatic heterocycles. The Kier molecular flexibility index (Phi) is 3.12. The van der Waals surface area contributed by atoms with Crippen molar-refractivity contribution in [1.82, 2.24) is 0 Å². The second-order valence-electron chi connectivity index (χ2n) is 2.65. The lowest BCUT2D eigenvalue weighted by Crippen LogP contribution is -2.06. The SMILES string of the molecule is COc1c(Br)cccc1[C@@H](C)N. The number of hydrogen-bond acceptors (Lipinski definition) is 2. The van der Waals surface area contributed by atoms with E-state index in [1.165, 1.54) is 0 Å². The highest BCUT2D eigenvalue weighted by atomic mass is 79.9. The molecule has 0 aliphatic rings. The van der Waals surface area contributed by atoms with Gasteiger partial charge in [0.1, 0.15) is 5.75 Å². The summed E-state index contributed by atoms with van der Waals surface area (Å²) >= 11 is 3.40. The Bertz CT molecular complexity index is 273. The fraction of sp³-hybridized carbons (Fsp3) is 0.333. The van der Waals surface area contributed by atoms with Crippen LogP contribution in [0.1, 0.15) is 18.5 Å². The lowest BCUT2D eigenvalue weighted by Gasteiger charge is -2.12. The van der Waals surface area contributed by atoms with E-state index in [1.807, 2.05) is 25.1 Å². The molecule has 66 valence electrons.